The predicted molar refractivity (Wildman–Crippen MR) is 135 cm³/mol. The van der Waals surface area contributed by atoms with E-state index < -0.39 is 22.7 Å². The minimum atomic E-state index is -0.779. The van der Waals surface area contributed by atoms with Crippen LogP contribution in [0, 0.1) is 21.4 Å². The van der Waals surface area contributed by atoms with E-state index >= 15 is 0 Å². The summed E-state index contributed by atoms with van der Waals surface area (Å²) in [6, 6.07) is 16.9. The zero-order valence-corrected chi connectivity index (χ0v) is 20.5. The number of aromatic nitrogens is 2. The molecule has 1 aliphatic heterocycles. The molecule has 0 saturated heterocycles. The van der Waals surface area contributed by atoms with Gasteiger partial charge in [-0.1, -0.05) is 30.3 Å². The SMILES string of the molecule is CC(=O)OCCN1C(=O)C(C#N)=C(C)/C(=C\c2cn(-c3ccccc3)nc2-c2cccc([N+](=O)[O-])c2)C1=O. The summed E-state index contributed by atoms with van der Waals surface area (Å²) in [5.74, 6) is -2.02. The number of rotatable bonds is 7. The molecular weight excluding hydrogens is 490 g/mol. The number of carbonyl (C=O) groups is 3. The number of nitro groups is 1. The standard InChI is InChI=1S/C27H21N5O6/c1-17-23(26(34)30(11-12-38-18(2)33)27(35)24(17)15-28)14-20-16-31(21-8-4-3-5-9-21)29-25(20)19-7-6-10-22(13-19)32(36)37/h3-10,13-14,16H,11-12H2,1-2H3/b23-14+. The van der Waals surface area contributed by atoms with Gasteiger partial charge in [-0.15, -0.1) is 0 Å². The lowest BCUT2D eigenvalue weighted by Crippen LogP contribution is -2.44. The van der Waals surface area contributed by atoms with Crippen LogP contribution in [0.3, 0.4) is 0 Å². The topological polar surface area (TPSA) is 148 Å². The number of carbonyl (C=O) groups excluding carboxylic acids is 3. The van der Waals surface area contributed by atoms with Crippen molar-refractivity contribution in [3.05, 3.63) is 93.2 Å². The van der Waals surface area contributed by atoms with Gasteiger partial charge in [-0.2, -0.15) is 10.4 Å². The van der Waals surface area contributed by atoms with E-state index in [4.69, 9.17) is 4.74 Å². The summed E-state index contributed by atoms with van der Waals surface area (Å²) in [7, 11) is 0. The number of nitro benzene ring substituents is 1. The number of non-ortho nitro benzene ring substituents is 1. The van der Waals surface area contributed by atoms with Crippen molar-refractivity contribution in [3.63, 3.8) is 0 Å². The summed E-state index contributed by atoms with van der Waals surface area (Å²) in [5, 5.41) is 25.7. The second-order valence-corrected chi connectivity index (χ2v) is 8.29. The third-order valence-electron chi connectivity index (χ3n) is 5.84. The average Bonchev–Trinajstić information content (AvgIpc) is 3.33. The Morgan fingerprint density at radius 2 is 1.89 bits per heavy atom. The molecule has 0 saturated carbocycles. The van der Waals surface area contributed by atoms with Gasteiger partial charge in [-0.05, 0) is 30.7 Å². The van der Waals surface area contributed by atoms with Gasteiger partial charge >= 0.3 is 5.97 Å². The average molecular weight is 511 g/mol. The summed E-state index contributed by atoms with van der Waals surface area (Å²) in [5.41, 5.74) is 1.85. The molecule has 0 atom stereocenters. The molecule has 11 heteroatoms. The van der Waals surface area contributed by atoms with Crippen LogP contribution >= 0.6 is 0 Å². The lowest BCUT2D eigenvalue weighted by molar-refractivity contribution is -0.384. The molecule has 4 rings (SSSR count). The van der Waals surface area contributed by atoms with E-state index in [1.165, 1.54) is 38.1 Å². The number of imide groups is 1. The fraction of sp³-hybridized carbons (Fsp3) is 0.148. The Balaban J connectivity index is 1.87. The molecule has 2 aromatic carbocycles. The number of nitriles is 1. The molecule has 0 aliphatic carbocycles. The molecule has 38 heavy (non-hydrogen) atoms. The van der Waals surface area contributed by atoms with Gasteiger partial charge in [0.2, 0.25) is 0 Å². The van der Waals surface area contributed by atoms with Crippen molar-refractivity contribution in [1.82, 2.24) is 14.7 Å². The van der Waals surface area contributed by atoms with Gasteiger partial charge < -0.3 is 4.74 Å². The van der Waals surface area contributed by atoms with E-state index in [2.05, 4.69) is 5.10 Å². The highest BCUT2D eigenvalue weighted by atomic mass is 16.6. The number of hydrogen-bond donors (Lipinski definition) is 0. The predicted octanol–water partition coefficient (Wildman–Crippen LogP) is 3.60. The molecular formula is C27H21N5O6. The Morgan fingerprint density at radius 3 is 2.55 bits per heavy atom. The van der Waals surface area contributed by atoms with Crippen LogP contribution in [0.4, 0.5) is 5.69 Å². The molecule has 0 bridgehead atoms. The van der Waals surface area contributed by atoms with Crippen LogP contribution in [0.2, 0.25) is 0 Å². The van der Waals surface area contributed by atoms with Crippen LogP contribution in [0.25, 0.3) is 23.0 Å². The van der Waals surface area contributed by atoms with Crippen molar-refractivity contribution in [2.24, 2.45) is 0 Å². The highest BCUT2D eigenvalue weighted by Crippen LogP contribution is 2.32. The Hall–Kier alpha value is -5.37. The summed E-state index contributed by atoms with van der Waals surface area (Å²) in [6.45, 7) is 2.25. The molecule has 1 aliphatic rings. The summed E-state index contributed by atoms with van der Waals surface area (Å²) in [4.78, 5) is 49.1. The van der Waals surface area contributed by atoms with Gasteiger partial charge in [0.25, 0.3) is 17.5 Å². The van der Waals surface area contributed by atoms with Gasteiger partial charge in [-0.3, -0.25) is 29.4 Å². The first-order valence-electron chi connectivity index (χ1n) is 11.4. The molecule has 2 heterocycles. The minimum Gasteiger partial charge on any atom is -0.464 e. The number of benzene rings is 2. The van der Waals surface area contributed by atoms with Gasteiger partial charge in [-0.25, -0.2) is 4.68 Å². The third kappa shape index (κ3) is 5.10. The molecule has 1 aromatic heterocycles. The monoisotopic (exact) mass is 511 g/mol. The van der Waals surface area contributed by atoms with Crippen LogP contribution in [-0.4, -0.2) is 50.5 Å². The van der Waals surface area contributed by atoms with Crippen molar-refractivity contribution in [3.8, 4) is 23.0 Å². The van der Waals surface area contributed by atoms with Crippen molar-refractivity contribution in [2.45, 2.75) is 13.8 Å². The highest BCUT2D eigenvalue weighted by molar-refractivity contribution is 6.19. The Labute approximate surface area is 217 Å². The second-order valence-electron chi connectivity index (χ2n) is 8.29. The molecule has 0 N–H and O–H groups in total. The fourth-order valence-corrected chi connectivity index (χ4v) is 3.97. The summed E-state index contributed by atoms with van der Waals surface area (Å²) < 4.78 is 6.45. The maximum Gasteiger partial charge on any atom is 0.302 e. The van der Waals surface area contributed by atoms with Crippen molar-refractivity contribution >= 4 is 29.5 Å². The van der Waals surface area contributed by atoms with Crippen molar-refractivity contribution in [2.75, 3.05) is 13.2 Å². The number of amides is 2. The van der Waals surface area contributed by atoms with E-state index in [1.54, 1.807) is 16.9 Å². The fourth-order valence-electron chi connectivity index (χ4n) is 3.97. The Kier molecular flexibility index (Phi) is 7.25. The van der Waals surface area contributed by atoms with Crippen LogP contribution < -0.4 is 0 Å². The smallest absolute Gasteiger partial charge is 0.302 e. The molecule has 2 amide bonds. The lowest BCUT2D eigenvalue weighted by atomic mass is 9.93. The number of para-hydroxylation sites is 1. The first-order chi connectivity index (χ1) is 18.2. The molecule has 11 nitrogen and oxygen atoms in total. The first kappa shape index (κ1) is 25.7. The molecule has 3 aromatic rings. The number of esters is 1. The van der Waals surface area contributed by atoms with Gasteiger partial charge in [0, 0.05) is 42.0 Å². The molecule has 190 valence electrons. The van der Waals surface area contributed by atoms with Crippen molar-refractivity contribution in [1.29, 1.82) is 5.26 Å². The normalized spacial score (nSPS) is 14.6. The van der Waals surface area contributed by atoms with Crippen LogP contribution in [0.1, 0.15) is 19.4 Å². The van der Waals surface area contributed by atoms with Crippen molar-refractivity contribution < 1.29 is 24.0 Å². The maximum atomic E-state index is 13.4. The Morgan fingerprint density at radius 1 is 1.16 bits per heavy atom. The molecule has 0 spiro atoms. The zero-order chi connectivity index (χ0) is 27.4. The lowest BCUT2D eigenvalue weighted by Gasteiger charge is -2.27. The third-order valence-corrected chi connectivity index (χ3v) is 5.84. The summed E-state index contributed by atoms with van der Waals surface area (Å²) >= 11 is 0. The Bertz CT molecular complexity index is 1560. The van der Waals surface area contributed by atoms with E-state index in [-0.39, 0.29) is 35.6 Å². The van der Waals surface area contributed by atoms with Gasteiger partial charge in [0.1, 0.15) is 23.9 Å². The van der Waals surface area contributed by atoms with E-state index in [0.717, 1.165) is 4.90 Å². The van der Waals surface area contributed by atoms with Gasteiger partial charge in [0.05, 0.1) is 17.2 Å². The molecule has 0 fully saturated rings. The highest BCUT2D eigenvalue weighted by Gasteiger charge is 2.35. The first-order valence-corrected chi connectivity index (χ1v) is 11.4. The maximum absolute atomic E-state index is 13.4. The number of hydrogen-bond acceptors (Lipinski definition) is 8. The number of ether oxygens (including phenoxy) is 1. The minimum absolute atomic E-state index is 0.0725. The van der Waals surface area contributed by atoms with Crippen LogP contribution in [0.15, 0.2) is 77.5 Å². The number of nitrogens with zero attached hydrogens (tertiary/aromatic N) is 5. The summed E-state index contributed by atoms with van der Waals surface area (Å²) in [6.07, 6.45) is 3.16. The van der Waals surface area contributed by atoms with E-state index in [9.17, 15) is 29.8 Å². The molecule has 0 unspecified atom stereocenters. The van der Waals surface area contributed by atoms with Crippen LogP contribution in [0.5, 0.6) is 0 Å². The van der Waals surface area contributed by atoms with Gasteiger partial charge in [0.15, 0.2) is 0 Å². The zero-order valence-electron chi connectivity index (χ0n) is 20.5. The molecule has 0 radical (unpaired) electrons. The second kappa shape index (κ2) is 10.7. The van der Waals surface area contributed by atoms with E-state index in [0.29, 0.717) is 22.5 Å². The largest absolute Gasteiger partial charge is 0.464 e. The van der Waals surface area contributed by atoms with E-state index in [1.807, 2.05) is 36.4 Å². The quantitative estimate of drug-likeness (QED) is 0.154. The van der Waals surface area contributed by atoms with Crippen LogP contribution in [-0.2, 0) is 19.1 Å².